The lowest BCUT2D eigenvalue weighted by Crippen LogP contribution is -2.22. The summed E-state index contributed by atoms with van der Waals surface area (Å²) in [6.07, 6.45) is 2.65. The highest BCUT2D eigenvalue weighted by Crippen LogP contribution is 2.41. The largest absolute Gasteiger partial charge is 0.481 e. The van der Waals surface area contributed by atoms with Gasteiger partial charge in [0.25, 0.3) is 10.0 Å². The van der Waals surface area contributed by atoms with Gasteiger partial charge in [-0.15, -0.1) is 0 Å². The van der Waals surface area contributed by atoms with Crippen molar-refractivity contribution in [3.8, 4) is 0 Å². The molecule has 0 radical (unpaired) electrons. The first-order chi connectivity index (χ1) is 15.6. The van der Waals surface area contributed by atoms with Gasteiger partial charge in [-0.05, 0) is 54.5 Å². The molecule has 1 unspecified atom stereocenters. The molecule has 0 aliphatic heterocycles. The Hall–Kier alpha value is -3.73. The van der Waals surface area contributed by atoms with Crippen molar-refractivity contribution in [3.63, 3.8) is 0 Å². The Balaban J connectivity index is 1.84. The molecule has 0 aromatic heterocycles. The summed E-state index contributed by atoms with van der Waals surface area (Å²) in [5, 5.41) is 14.8. The molecule has 174 valence electrons. The van der Waals surface area contributed by atoms with E-state index in [0.29, 0.717) is 11.3 Å². The molecule has 0 amide bonds. The quantitative estimate of drug-likeness (QED) is 0.187. The first-order valence-corrected chi connectivity index (χ1v) is 11.3. The number of carboxylic acids is 1. The lowest BCUT2D eigenvalue weighted by Gasteiger charge is -2.27. The Morgan fingerprint density at radius 2 is 1.94 bits per heavy atom. The standard InChI is InChI=1S/C22H22F2N4O4S/c23-17-9-15(7-8-21(29)30)12-22(24,13-17)16-3-1-5-19(10-16)28-33(31,32)20-6-2-4-18(11-20)26-14-27-25/h1-6,9-11,13-14,28H,7-8,12,25H2,(H,26,27)(H,29,30). The third-order valence-electron chi connectivity index (χ3n) is 4.90. The van der Waals surface area contributed by atoms with Crippen LogP contribution < -0.4 is 15.9 Å². The average Bonchev–Trinajstić information content (AvgIpc) is 2.76. The highest BCUT2D eigenvalue weighted by atomic mass is 32.2. The molecule has 33 heavy (non-hydrogen) atoms. The van der Waals surface area contributed by atoms with Crippen LogP contribution in [-0.2, 0) is 20.5 Å². The molecule has 1 aliphatic rings. The molecule has 0 saturated heterocycles. The van der Waals surface area contributed by atoms with E-state index < -0.39 is 27.5 Å². The van der Waals surface area contributed by atoms with Crippen LogP contribution in [0.1, 0.15) is 24.8 Å². The zero-order valence-electron chi connectivity index (χ0n) is 17.3. The molecule has 0 heterocycles. The highest BCUT2D eigenvalue weighted by molar-refractivity contribution is 7.92. The van der Waals surface area contributed by atoms with Gasteiger partial charge < -0.3 is 16.3 Å². The number of sulfonamides is 1. The van der Waals surface area contributed by atoms with Crippen molar-refractivity contribution in [2.45, 2.75) is 29.8 Å². The molecule has 5 N–H and O–H groups in total. The maximum atomic E-state index is 15.7. The van der Waals surface area contributed by atoms with Crippen LogP contribution in [0.4, 0.5) is 20.2 Å². The van der Waals surface area contributed by atoms with Crippen molar-refractivity contribution >= 4 is 33.7 Å². The molecule has 11 heteroatoms. The number of hydrazone groups is 1. The summed E-state index contributed by atoms with van der Waals surface area (Å²) >= 11 is 0. The summed E-state index contributed by atoms with van der Waals surface area (Å²) in [5.41, 5.74) is -1.38. The minimum absolute atomic E-state index is 0.00776. The zero-order chi connectivity index (χ0) is 24.1. The number of anilines is 2. The SMILES string of the molecule is NN=CNc1cccc(S(=O)(=O)Nc2cccc(C3(F)C=C(F)C=C(CCC(=O)O)C3)c2)c1. The zero-order valence-corrected chi connectivity index (χ0v) is 18.1. The molecule has 8 nitrogen and oxygen atoms in total. The first kappa shape index (κ1) is 23.9. The third-order valence-corrected chi connectivity index (χ3v) is 6.28. The van der Waals surface area contributed by atoms with Crippen LogP contribution in [0.15, 0.2) is 82.1 Å². The van der Waals surface area contributed by atoms with Gasteiger partial charge >= 0.3 is 5.97 Å². The average molecular weight is 477 g/mol. The maximum absolute atomic E-state index is 15.7. The van der Waals surface area contributed by atoms with Gasteiger partial charge in [0.15, 0.2) is 5.67 Å². The number of benzene rings is 2. The summed E-state index contributed by atoms with van der Waals surface area (Å²) in [6, 6.07) is 11.5. The molecular weight excluding hydrogens is 454 g/mol. The van der Waals surface area contributed by atoms with E-state index in [1.54, 1.807) is 6.07 Å². The number of nitrogens with zero attached hydrogens (tertiary/aromatic N) is 1. The lowest BCUT2D eigenvalue weighted by molar-refractivity contribution is -0.137. The van der Waals surface area contributed by atoms with Crippen molar-refractivity contribution in [2.75, 3.05) is 10.0 Å². The molecule has 0 saturated carbocycles. The van der Waals surface area contributed by atoms with E-state index in [2.05, 4.69) is 15.1 Å². The monoisotopic (exact) mass is 476 g/mol. The van der Waals surface area contributed by atoms with Gasteiger partial charge in [-0.2, -0.15) is 5.10 Å². The lowest BCUT2D eigenvalue weighted by atomic mass is 9.83. The van der Waals surface area contributed by atoms with Crippen molar-refractivity contribution in [3.05, 3.63) is 77.6 Å². The van der Waals surface area contributed by atoms with Gasteiger partial charge in [0.05, 0.1) is 4.90 Å². The van der Waals surface area contributed by atoms with E-state index in [1.807, 2.05) is 0 Å². The van der Waals surface area contributed by atoms with Gasteiger partial charge in [0.1, 0.15) is 12.2 Å². The Labute approximate surface area is 189 Å². The number of hydrogen-bond donors (Lipinski definition) is 4. The molecule has 3 rings (SSSR count). The van der Waals surface area contributed by atoms with Crippen molar-refractivity contribution in [1.29, 1.82) is 0 Å². The summed E-state index contributed by atoms with van der Waals surface area (Å²) in [6.45, 7) is 0. The number of aliphatic carboxylic acids is 1. The minimum atomic E-state index is -4.02. The third kappa shape index (κ3) is 6.16. The number of hydrogen-bond acceptors (Lipinski definition) is 5. The number of alkyl halides is 1. The molecule has 2 aromatic carbocycles. The van der Waals surface area contributed by atoms with Crippen LogP contribution >= 0.6 is 0 Å². The van der Waals surface area contributed by atoms with E-state index in [4.69, 9.17) is 10.9 Å². The Kier molecular flexibility index (Phi) is 7.12. The molecule has 1 atom stereocenters. The van der Waals surface area contributed by atoms with Gasteiger partial charge in [-0.25, -0.2) is 17.2 Å². The van der Waals surface area contributed by atoms with Crippen LogP contribution in [0.25, 0.3) is 0 Å². The number of allylic oxidation sites excluding steroid dienone is 4. The van der Waals surface area contributed by atoms with Gasteiger partial charge in [0, 0.05) is 24.2 Å². The number of halogens is 2. The normalized spacial score (nSPS) is 18.5. The molecule has 0 spiro atoms. The highest BCUT2D eigenvalue weighted by Gasteiger charge is 2.34. The second-order valence-electron chi connectivity index (χ2n) is 7.40. The Morgan fingerprint density at radius 1 is 1.21 bits per heavy atom. The number of nitrogens with one attached hydrogen (secondary N) is 2. The second kappa shape index (κ2) is 9.82. The number of rotatable bonds is 9. The van der Waals surface area contributed by atoms with Crippen LogP contribution in [0.5, 0.6) is 0 Å². The van der Waals surface area contributed by atoms with Gasteiger partial charge in [0.2, 0.25) is 0 Å². The summed E-state index contributed by atoms with van der Waals surface area (Å²) in [7, 11) is -4.02. The van der Waals surface area contributed by atoms with E-state index in [0.717, 1.165) is 12.2 Å². The van der Waals surface area contributed by atoms with Crippen LogP contribution in [0, 0.1) is 0 Å². The molecule has 1 aliphatic carbocycles. The van der Waals surface area contributed by atoms with Crippen LogP contribution in [0.2, 0.25) is 0 Å². The second-order valence-corrected chi connectivity index (χ2v) is 9.08. The summed E-state index contributed by atoms with van der Waals surface area (Å²) in [5.74, 6) is 3.14. The predicted molar refractivity (Wildman–Crippen MR) is 122 cm³/mol. The van der Waals surface area contributed by atoms with Crippen molar-refractivity contribution in [1.82, 2.24) is 0 Å². The smallest absolute Gasteiger partial charge is 0.303 e. The topological polar surface area (TPSA) is 134 Å². The van der Waals surface area contributed by atoms with E-state index >= 15 is 4.39 Å². The van der Waals surface area contributed by atoms with Crippen LogP contribution in [-0.4, -0.2) is 25.8 Å². The van der Waals surface area contributed by atoms with Gasteiger partial charge in [-0.3, -0.25) is 9.52 Å². The van der Waals surface area contributed by atoms with Gasteiger partial charge in [-0.1, -0.05) is 23.8 Å². The van der Waals surface area contributed by atoms with Crippen molar-refractivity contribution < 1.29 is 27.1 Å². The molecule has 0 bridgehead atoms. The fraction of sp³-hybridized carbons (Fsp3) is 0.182. The Bertz CT molecular complexity index is 1240. The number of carbonyl (C=O) groups is 1. The van der Waals surface area contributed by atoms with Crippen molar-refractivity contribution in [2.24, 2.45) is 10.9 Å². The molecule has 0 fully saturated rings. The summed E-state index contributed by atoms with van der Waals surface area (Å²) in [4.78, 5) is 10.8. The fourth-order valence-electron chi connectivity index (χ4n) is 3.42. The van der Waals surface area contributed by atoms with Crippen LogP contribution in [0.3, 0.4) is 0 Å². The van der Waals surface area contributed by atoms with E-state index in [9.17, 15) is 17.6 Å². The maximum Gasteiger partial charge on any atom is 0.303 e. The first-order valence-electron chi connectivity index (χ1n) is 9.81. The number of nitrogens with two attached hydrogens (primary N) is 1. The number of carboxylic acid groups (broad SMARTS) is 1. The Morgan fingerprint density at radius 3 is 2.67 bits per heavy atom. The minimum Gasteiger partial charge on any atom is -0.481 e. The molecule has 2 aromatic rings. The predicted octanol–water partition coefficient (Wildman–Crippen LogP) is 4.01. The fourth-order valence-corrected chi connectivity index (χ4v) is 4.52. The van der Waals surface area contributed by atoms with E-state index in [1.165, 1.54) is 48.8 Å². The summed E-state index contributed by atoms with van der Waals surface area (Å²) < 4.78 is 57.9. The van der Waals surface area contributed by atoms with E-state index in [-0.39, 0.29) is 35.4 Å². The molecular formula is C22H22F2N4O4S.